The first-order chi connectivity index (χ1) is 12.2. The van der Waals surface area contributed by atoms with E-state index in [0.717, 1.165) is 43.9 Å². The van der Waals surface area contributed by atoms with Gasteiger partial charge in [0.2, 0.25) is 0 Å². The molecule has 5 heterocycles. The molecule has 0 aliphatic carbocycles. The lowest BCUT2D eigenvalue weighted by Gasteiger charge is -2.36. The van der Waals surface area contributed by atoms with Crippen LogP contribution in [-0.2, 0) is 6.42 Å². The number of fused-ring (bicyclic) bond motifs is 4. The highest BCUT2D eigenvalue weighted by Gasteiger charge is 2.38. The fourth-order valence-corrected chi connectivity index (χ4v) is 5.16. The van der Waals surface area contributed by atoms with Crippen LogP contribution in [0.25, 0.3) is 0 Å². The number of anilines is 1. The Morgan fingerprint density at radius 2 is 2.16 bits per heavy atom. The second-order valence-electron chi connectivity index (χ2n) is 7.06. The summed E-state index contributed by atoms with van der Waals surface area (Å²) in [6, 6.07) is 0.262. The van der Waals surface area contributed by atoms with Gasteiger partial charge in [-0.05, 0) is 37.7 Å². The van der Waals surface area contributed by atoms with Crippen molar-refractivity contribution in [3.63, 3.8) is 0 Å². The topological polar surface area (TPSA) is 49.3 Å². The molecule has 0 spiro atoms. The van der Waals surface area contributed by atoms with E-state index in [1.54, 1.807) is 23.7 Å². The van der Waals surface area contributed by atoms with Gasteiger partial charge in [0.1, 0.15) is 5.82 Å². The van der Waals surface area contributed by atoms with E-state index in [-0.39, 0.29) is 11.9 Å². The fourth-order valence-electron chi connectivity index (χ4n) is 4.23. The second-order valence-corrected chi connectivity index (χ2v) is 8.14. The fraction of sp³-hybridized carbons (Fsp3) is 0.526. The number of rotatable bonds is 3. The van der Waals surface area contributed by atoms with Crippen LogP contribution in [0.4, 0.5) is 5.82 Å². The van der Waals surface area contributed by atoms with Gasteiger partial charge in [0, 0.05) is 48.3 Å². The number of nitrogens with zero attached hydrogens (tertiary/aromatic N) is 4. The molecule has 0 saturated carbocycles. The largest absolute Gasteiger partial charge is 0.353 e. The molecule has 0 aromatic carbocycles. The molecule has 3 saturated heterocycles. The number of thiophene rings is 1. The van der Waals surface area contributed by atoms with Crippen LogP contribution < -0.4 is 4.90 Å². The summed E-state index contributed by atoms with van der Waals surface area (Å²) < 4.78 is 0. The molecule has 0 N–H and O–H groups in total. The van der Waals surface area contributed by atoms with Crippen molar-refractivity contribution in [3.8, 4) is 0 Å². The van der Waals surface area contributed by atoms with E-state index in [0.29, 0.717) is 5.92 Å². The first kappa shape index (κ1) is 16.5. The van der Waals surface area contributed by atoms with Crippen molar-refractivity contribution in [3.05, 3.63) is 40.0 Å². The average molecular weight is 356 g/mol. The number of aryl methyl sites for hydroxylation is 1. The van der Waals surface area contributed by atoms with Crippen LogP contribution in [0.1, 0.15) is 40.6 Å². The molecule has 25 heavy (non-hydrogen) atoms. The standard InChI is InChI=1S/C19H24N4OS/c1-3-16-13(2)25-12-17(16)19(24)23-10-14-4-5-15(23)11-22(9-14)18-8-20-6-7-21-18/h6-8,12,14-15H,3-5,9-11H2,1-2H3/t14-,15+/m0/s1. The van der Waals surface area contributed by atoms with Crippen molar-refractivity contribution in [1.82, 2.24) is 14.9 Å². The summed E-state index contributed by atoms with van der Waals surface area (Å²) in [5.41, 5.74) is 2.14. The zero-order valence-electron chi connectivity index (χ0n) is 14.8. The number of hydrogen-bond donors (Lipinski definition) is 0. The minimum Gasteiger partial charge on any atom is -0.353 e. The lowest BCUT2D eigenvalue weighted by Crippen LogP contribution is -2.47. The van der Waals surface area contributed by atoms with Gasteiger partial charge in [-0.3, -0.25) is 9.78 Å². The summed E-state index contributed by atoms with van der Waals surface area (Å²) in [6.07, 6.45) is 8.47. The summed E-state index contributed by atoms with van der Waals surface area (Å²) in [5, 5.41) is 2.05. The van der Waals surface area contributed by atoms with E-state index in [2.05, 4.69) is 39.0 Å². The molecule has 3 aliphatic rings. The van der Waals surface area contributed by atoms with Crippen LogP contribution >= 0.6 is 11.3 Å². The first-order valence-corrected chi connectivity index (χ1v) is 9.94. The number of amides is 1. The summed E-state index contributed by atoms with van der Waals surface area (Å²) in [6.45, 7) is 6.92. The van der Waals surface area contributed by atoms with Crippen molar-refractivity contribution >= 4 is 23.1 Å². The lowest BCUT2D eigenvalue weighted by atomic mass is 9.94. The highest BCUT2D eigenvalue weighted by Crippen LogP contribution is 2.32. The number of aromatic nitrogens is 2. The summed E-state index contributed by atoms with van der Waals surface area (Å²) >= 11 is 1.69. The third kappa shape index (κ3) is 3.03. The Kier molecular flexibility index (Phi) is 4.46. The third-order valence-electron chi connectivity index (χ3n) is 5.54. The number of hydrogen-bond acceptors (Lipinski definition) is 5. The molecule has 0 unspecified atom stereocenters. The smallest absolute Gasteiger partial charge is 0.255 e. The van der Waals surface area contributed by atoms with Crippen LogP contribution in [0.2, 0.25) is 0 Å². The zero-order valence-corrected chi connectivity index (χ0v) is 15.6. The maximum absolute atomic E-state index is 13.3. The Balaban J connectivity index is 1.59. The number of carbonyl (C=O) groups is 1. The van der Waals surface area contributed by atoms with Gasteiger partial charge in [0.05, 0.1) is 11.8 Å². The van der Waals surface area contributed by atoms with Gasteiger partial charge < -0.3 is 9.80 Å². The molecule has 2 aromatic heterocycles. The molecular formula is C19H24N4OS. The Labute approximate surface area is 152 Å². The van der Waals surface area contributed by atoms with Gasteiger partial charge in [-0.1, -0.05) is 6.92 Å². The SMILES string of the molecule is CCc1c(C(=O)N2C[C@H]3CC[C@@H]2CN(c2cnccn2)C3)csc1C. The number of piperidine rings is 1. The van der Waals surface area contributed by atoms with Crippen LogP contribution in [0.15, 0.2) is 24.0 Å². The van der Waals surface area contributed by atoms with Crippen molar-refractivity contribution in [2.75, 3.05) is 24.5 Å². The first-order valence-electron chi connectivity index (χ1n) is 9.06. The van der Waals surface area contributed by atoms with Gasteiger partial charge in [0.15, 0.2) is 0 Å². The van der Waals surface area contributed by atoms with E-state index in [9.17, 15) is 4.79 Å². The summed E-state index contributed by atoms with van der Waals surface area (Å²) in [7, 11) is 0. The zero-order chi connectivity index (χ0) is 17.4. The molecule has 132 valence electrons. The molecule has 3 fully saturated rings. The van der Waals surface area contributed by atoms with E-state index in [1.165, 1.54) is 16.9 Å². The third-order valence-corrected chi connectivity index (χ3v) is 6.49. The molecule has 2 atom stereocenters. The Morgan fingerprint density at radius 1 is 1.28 bits per heavy atom. The summed E-state index contributed by atoms with van der Waals surface area (Å²) in [4.78, 5) is 27.6. The molecule has 0 radical (unpaired) electrons. The Bertz CT molecular complexity index is 760. The van der Waals surface area contributed by atoms with E-state index in [1.807, 2.05) is 6.20 Å². The van der Waals surface area contributed by atoms with Crippen molar-refractivity contribution in [2.24, 2.45) is 5.92 Å². The maximum atomic E-state index is 13.3. The molecule has 2 bridgehead atoms. The van der Waals surface area contributed by atoms with Crippen LogP contribution in [0, 0.1) is 12.8 Å². The Hall–Kier alpha value is -1.95. The Morgan fingerprint density at radius 3 is 2.92 bits per heavy atom. The van der Waals surface area contributed by atoms with Crippen molar-refractivity contribution in [2.45, 2.75) is 39.2 Å². The highest BCUT2D eigenvalue weighted by molar-refractivity contribution is 7.10. The van der Waals surface area contributed by atoms with E-state index < -0.39 is 0 Å². The van der Waals surface area contributed by atoms with Crippen molar-refractivity contribution < 1.29 is 4.79 Å². The lowest BCUT2D eigenvalue weighted by molar-refractivity contribution is 0.0591. The minimum atomic E-state index is 0.219. The predicted molar refractivity (Wildman–Crippen MR) is 100 cm³/mol. The van der Waals surface area contributed by atoms with Crippen molar-refractivity contribution in [1.29, 1.82) is 0 Å². The number of carbonyl (C=O) groups excluding carboxylic acids is 1. The predicted octanol–water partition coefficient (Wildman–Crippen LogP) is 3.15. The van der Waals surface area contributed by atoms with Crippen LogP contribution in [0.5, 0.6) is 0 Å². The van der Waals surface area contributed by atoms with E-state index in [4.69, 9.17) is 0 Å². The van der Waals surface area contributed by atoms with Crippen LogP contribution in [0.3, 0.4) is 0 Å². The molecular weight excluding hydrogens is 332 g/mol. The van der Waals surface area contributed by atoms with E-state index >= 15 is 0 Å². The van der Waals surface area contributed by atoms with Gasteiger partial charge in [-0.25, -0.2) is 4.98 Å². The molecule has 1 amide bonds. The highest BCUT2D eigenvalue weighted by atomic mass is 32.1. The van der Waals surface area contributed by atoms with Gasteiger partial charge in [0.25, 0.3) is 5.91 Å². The molecule has 5 rings (SSSR count). The quantitative estimate of drug-likeness (QED) is 0.848. The van der Waals surface area contributed by atoms with Gasteiger partial charge in [-0.15, -0.1) is 11.3 Å². The molecule has 3 aliphatic heterocycles. The van der Waals surface area contributed by atoms with Gasteiger partial charge >= 0.3 is 0 Å². The maximum Gasteiger partial charge on any atom is 0.255 e. The normalized spacial score (nSPS) is 23.0. The van der Waals surface area contributed by atoms with Gasteiger partial charge in [-0.2, -0.15) is 0 Å². The molecule has 2 aromatic rings. The van der Waals surface area contributed by atoms with Crippen LogP contribution in [-0.4, -0.2) is 46.5 Å². The minimum absolute atomic E-state index is 0.219. The summed E-state index contributed by atoms with van der Waals surface area (Å²) in [5.74, 6) is 1.65. The molecule has 6 heteroatoms. The average Bonchev–Trinajstić information content (AvgIpc) is 2.82. The molecule has 5 nitrogen and oxygen atoms in total. The second kappa shape index (κ2) is 6.75. The monoisotopic (exact) mass is 356 g/mol.